The van der Waals surface area contributed by atoms with Crippen LogP contribution >= 0.6 is 23.1 Å². The highest BCUT2D eigenvalue weighted by Crippen LogP contribution is 2.38. The lowest BCUT2D eigenvalue weighted by molar-refractivity contribution is -0.141. The van der Waals surface area contributed by atoms with Crippen LogP contribution < -0.4 is 11.5 Å². The highest BCUT2D eigenvalue weighted by Gasteiger charge is 2.29. The summed E-state index contributed by atoms with van der Waals surface area (Å²) < 4.78 is 4.99. The summed E-state index contributed by atoms with van der Waals surface area (Å²) in [5.74, 6) is 0.467. The summed E-state index contributed by atoms with van der Waals surface area (Å²) in [6.45, 7) is 4.34. The molecule has 2 aromatic heterocycles. The first-order chi connectivity index (χ1) is 15.4. The average molecular weight is 472 g/mol. The molecule has 4 N–H and O–H groups in total. The number of hydrogen-bond donors (Lipinski definition) is 2. The Morgan fingerprint density at radius 2 is 2.00 bits per heavy atom. The summed E-state index contributed by atoms with van der Waals surface area (Å²) in [6, 6.07) is 4.44. The Morgan fingerprint density at radius 3 is 2.59 bits per heavy atom. The zero-order valence-electron chi connectivity index (χ0n) is 17.8. The van der Waals surface area contributed by atoms with Gasteiger partial charge in [0.2, 0.25) is 0 Å². The van der Waals surface area contributed by atoms with Gasteiger partial charge in [0, 0.05) is 24.6 Å². The van der Waals surface area contributed by atoms with Crippen LogP contribution in [-0.2, 0) is 15.3 Å². The minimum atomic E-state index is -0.265. The van der Waals surface area contributed by atoms with Crippen LogP contribution in [0, 0.1) is 22.7 Å². The van der Waals surface area contributed by atoms with E-state index in [9.17, 15) is 15.3 Å². The lowest BCUT2D eigenvalue weighted by Crippen LogP contribution is -2.34. The van der Waals surface area contributed by atoms with E-state index >= 15 is 0 Å². The van der Waals surface area contributed by atoms with Crippen LogP contribution in [0.1, 0.15) is 54.5 Å². The van der Waals surface area contributed by atoms with Gasteiger partial charge in [-0.25, -0.2) is 9.97 Å². The number of carbonyl (C=O) groups excluding carboxylic acids is 1. The third-order valence-corrected chi connectivity index (χ3v) is 7.03. The third kappa shape index (κ3) is 5.88. The van der Waals surface area contributed by atoms with Gasteiger partial charge in [-0.05, 0) is 43.8 Å². The van der Waals surface area contributed by atoms with Crippen LogP contribution in [0.2, 0.25) is 0 Å². The molecular weight excluding hydrogens is 446 g/mol. The number of nitriles is 2. The first kappa shape index (κ1) is 23.8. The first-order valence-electron chi connectivity index (χ1n) is 10.2. The number of nitrogens with zero attached hydrogens (tertiary/aromatic N) is 5. The molecule has 0 amide bonds. The van der Waals surface area contributed by atoms with Crippen molar-refractivity contribution in [3.8, 4) is 12.1 Å². The molecule has 0 saturated carbocycles. The minimum Gasteiger partial charge on any atom is -0.466 e. The highest BCUT2D eigenvalue weighted by atomic mass is 32.2. The Balaban J connectivity index is 1.74. The van der Waals surface area contributed by atoms with E-state index < -0.39 is 0 Å². The van der Waals surface area contributed by atoms with E-state index in [1.54, 1.807) is 0 Å². The fourth-order valence-electron chi connectivity index (χ4n) is 3.82. The fraction of sp³-hybridized carbons (Fsp3) is 0.476. The number of ether oxygens (including phenoxy) is 1. The number of esters is 1. The van der Waals surface area contributed by atoms with E-state index in [-0.39, 0.29) is 17.7 Å². The molecule has 32 heavy (non-hydrogen) atoms. The quantitative estimate of drug-likeness (QED) is 0.333. The molecule has 0 spiro atoms. The topological polar surface area (TPSA) is 155 Å². The van der Waals surface area contributed by atoms with E-state index in [4.69, 9.17) is 16.2 Å². The Hall–Kier alpha value is -2.86. The monoisotopic (exact) mass is 471 g/mol. The number of likely N-dealkylation sites (tertiary alicyclic amines) is 1. The number of nitrogens with two attached hydrogens (primary N) is 2. The lowest BCUT2D eigenvalue weighted by atomic mass is 9.84. The summed E-state index contributed by atoms with van der Waals surface area (Å²) >= 11 is 2.74. The largest absolute Gasteiger partial charge is 0.466 e. The van der Waals surface area contributed by atoms with Gasteiger partial charge in [0.1, 0.15) is 23.0 Å². The van der Waals surface area contributed by atoms with E-state index in [1.165, 1.54) is 30.0 Å². The van der Waals surface area contributed by atoms with Crippen LogP contribution in [0.15, 0.2) is 10.4 Å². The maximum Gasteiger partial charge on any atom is 0.302 e. The van der Waals surface area contributed by atoms with Gasteiger partial charge in [-0.2, -0.15) is 10.5 Å². The Bertz CT molecular complexity index is 1050. The van der Waals surface area contributed by atoms with E-state index in [1.807, 2.05) is 5.38 Å². The van der Waals surface area contributed by atoms with Crippen molar-refractivity contribution in [2.75, 3.05) is 37.7 Å². The number of hydrogen-bond acceptors (Lipinski definition) is 11. The number of thioether (sulfide) groups is 1. The van der Waals surface area contributed by atoms with Crippen molar-refractivity contribution in [1.82, 2.24) is 14.9 Å². The van der Waals surface area contributed by atoms with Gasteiger partial charge in [-0.1, -0.05) is 11.8 Å². The zero-order valence-corrected chi connectivity index (χ0v) is 19.5. The number of thiazole rings is 1. The molecule has 0 radical (unpaired) electrons. The smallest absolute Gasteiger partial charge is 0.302 e. The molecule has 3 rings (SSSR count). The number of rotatable bonds is 8. The van der Waals surface area contributed by atoms with Crippen molar-refractivity contribution < 1.29 is 9.53 Å². The van der Waals surface area contributed by atoms with Crippen LogP contribution in [0.25, 0.3) is 0 Å². The van der Waals surface area contributed by atoms with E-state index in [2.05, 4.69) is 27.0 Å². The fourth-order valence-corrected chi connectivity index (χ4v) is 5.38. The molecule has 1 aliphatic heterocycles. The van der Waals surface area contributed by atoms with Crippen LogP contribution in [0.4, 0.5) is 10.9 Å². The number of anilines is 2. The van der Waals surface area contributed by atoms with Crippen molar-refractivity contribution in [2.45, 2.75) is 42.9 Å². The number of pyridine rings is 1. The molecule has 0 atom stereocenters. The SMILES string of the molecule is CC(=O)OCCCN1CCC(c2c(C#N)c(N)nc(SCc3csc(N)n3)c2C#N)CC1. The molecule has 3 heterocycles. The van der Waals surface area contributed by atoms with Gasteiger partial charge in [0.15, 0.2) is 5.13 Å². The summed E-state index contributed by atoms with van der Waals surface area (Å²) in [5, 5.41) is 22.6. The molecule has 9 nitrogen and oxygen atoms in total. The minimum absolute atomic E-state index is 0.0589. The first-order valence-corrected chi connectivity index (χ1v) is 12.1. The summed E-state index contributed by atoms with van der Waals surface area (Å²) in [7, 11) is 0. The average Bonchev–Trinajstić information content (AvgIpc) is 3.20. The zero-order chi connectivity index (χ0) is 23.1. The van der Waals surface area contributed by atoms with Gasteiger partial charge < -0.3 is 21.1 Å². The second-order valence-corrected chi connectivity index (χ2v) is 9.32. The Kier molecular flexibility index (Phi) is 8.28. The molecule has 0 bridgehead atoms. The van der Waals surface area contributed by atoms with Crippen LogP contribution in [-0.4, -0.2) is 47.1 Å². The van der Waals surface area contributed by atoms with Crippen molar-refractivity contribution in [2.24, 2.45) is 0 Å². The molecule has 1 aliphatic rings. The molecule has 0 aromatic carbocycles. The van der Waals surface area contributed by atoms with Crippen molar-refractivity contribution >= 4 is 40.0 Å². The highest BCUT2D eigenvalue weighted by molar-refractivity contribution is 7.98. The predicted molar refractivity (Wildman–Crippen MR) is 124 cm³/mol. The van der Waals surface area contributed by atoms with Crippen LogP contribution in [0.3, 0.4) is 0 Å². The molecule has 0 unspecified atom stereocenters. The normalized spacial score (nSPS) is 14.6. The number of nitrogen functional groups attached to an aromatic ring is 2. The maximum atomic E-state index is 10.9. The van der Waals surface area contributed by atoms with Crippen molar-refractivity contribution in [3.63, 3.8) is 0 Å². The number of aromatic nitrogens is 2. The number of carbonyl (C=O) groups is 1. The van der Waals surface area contributed by atoms with Crippen molar-refractivity contribution in [1.29, 1.82) is 10.5 Å². The molecule has 1 fully saturated rings. The maximum absolute atomic E-state index is 10.9. The lowest BCUT2D eigenvalue weighted by Gasteiger charge is -2.33. The summed E-state index contributed by atoms with van der Waals surface area (Å²) in [4.78, 5) is 21.8. The Labute approximate surface area is 195 Å². The molecule has 2 aromatic rings. The third-order valence-electron chi connectivity index (χ3n) is 5.30. The summed E-state index contributed by atoms with van der Waals surface area (Å²) in [5.41, 5.74) is 14.1. The van der Waals surface area contributed by atoms with Crippen LogP contribution in [0.5, 0.6) is 0 Å². The second-order valence-electron chi connectivity index (χ2n) is 7.46. The molecule has 168 valence electrons. The van der Waals surface area contributed by atoms with E-state index in [0.29, 0.717) is 39.2 Å². The van der Waals surface area contributed by atoms with E-state index in [0.717, 1.165) is 44.6 Å². The Morgan fingerprint density at radius 1 is 1.28 bits per heavy atom. The second kappa shape index (κ2) is 11.1. The molecule has 1 saturated heterocycles. The molecule has 0 aliphatic carbocycles. The predicted octanol–water partition coefficient (Wildman–Crippen LogP) is 2.87. The van der Waals surface area contributed by atoms with Crippen molar-refractivity contribution in [3.05, 3.63) is 27.8 Å². The molecular formula is C21H25N7O2S2. The van der Waals surface area contributed by atoms with Gasteiger partial charge in [0.25, 0.3) is 0 Å². The van der Waals surface area contributed by atoms with Gasteiger partial charge in [0.05, 0.1) is 23.4 Å². The van der Waals surface area contributed by atoms with Gasteiger partial charge >= 0.3 is 5.97 Å². The summed E-state index contributed by atoms with van der Waals surface area (Å²) in [6.07, 6.45) is 2.40. The van der Waals surface area contributed by atoms with Gasteiger partial charge in [-0.3, -0.25) is 4.79 Å². The van der Waals surface area contributed by atoms with Gasteiger partial charge in [-0.15, -0.1) is 11.3 Å². The molecule has 11 heteroatoms. The number of piperidine rings is 1. The standard InChI is InChI=1S/C21H25N7O2S2/c1-13(29)30-8-2-5-28-6-3-14(4-7-28)18-16(9-22)19(24)27-20(17(18)10-23)31-11-15-12-32-21(25)26-15/h12,14H,2-8,11H2,1H3,(H2,24,27)(H2,25,26).